The maximum absolute atomic E-state index is 14.5. The minimum atomic E-state index is -2.16. The van der Waals surface area contributed by atoms with Gasteiger partial charge in [-0.3, -0.25) is 44.3 Å². The molecule has 0 bridgehead atoms. The predicted octanol–water partition coefficient (Wildman–Crippen LogP) is 5.72. The second-order valence-electron chi connectivity index (χ2n) is 12.4. The van der Waals surface area contributed by atoms with Gasteiger partial charge in [-0.25, -0.2) is 4.90 Å². The lowest BCUT2D eigenvalue weighted by molar-refractivity contribution is -0.392. The molecule has 264 valence electrons. The van der Waals surface area contributed by atoms with E-state index in [2.05, 4.69) is 47.8 Å². The Morgan fingerprint density at radius 2 is 1.60 bits per heavy atom. The highest BCUT2D eigenvalue weighted by Crippen LogP contribution is 2.67. The third-order valence-electron chi connectivity index (χ3n) is 9.87. The number of nitrogens with zero attached hydrogens (tertiary/aromatic N) is 5. The van der Waals surface area contributed by atoms with Crippen LogP contribution < -0.4 is 14.5 Å². The van der Waals surface area contributed by atoms with Crippen LogP contribution >= 0.6 is 71.0 Å². The number of amides is 4. The number of carbonyl (C=O) groups excluding carboxylic acids is 4. The molecule has 2 aromatic rings. The van der Waals surface area contributed by atoms with Gasteiger partial charge in [0.1, 0.15) is 0 Å². The Kier molecular flexibility index (Phi) is 9.06. The van der Waals surface area contributed by atoms with Crippen molar-refractivity contribution in [1.82, 2.24) is 4.90 Å². The summed E-state index contributed by atoms with van der Waals surface area (Å²) in [5.74, 6) is -7.96. The van der Waals surface area contributed by atoms with Gasteiger partial charge in [0.25, 0.3) is 11.8 Å². The lowest BCUT2D eigenvalue weighted by Gasteiger charge is -2.51. The summed E-state index contributed by atoms with van der Waals surface area (Å²) in [7, 11) is 4.07. The minimum absolute atomic E-state index is 0.0105. The minimum Gasteiger partial charge on any atom is -0.503 e. The number of allylic oxidation sites excluding steroid dienone is 2. The summed E-state index contributed by atoms with van der Waals surface area (Å²) in [6.07, 6.45) is 1.27. The number of nitro benzene ring substituents is 2. The second kappa shape index (κ2) is 12.4. The van der Waals surface area contributed by atoms with Crippen LogP contribution in [0.4, 0.5) is 22.7 Å². The lowest BCUT2D eigenvalue weighted by atomic mass is 9.56. The van der Waals surface area contributed by atoms with Gasteiger partial charge in [0.15, 0.2) is 26.9 Å². The van der Waals surface area contributed by atoms with Crippen molar-refractivity contribution in [1.29, 1.82) is 0 Å². The molecule has 6 atom stereocenters. The van der Waals surface area contributed by atoms with Gasteiger partial charge in [-0.05, 0) is 62.2 Å². The van der Waals surface area contributed by atoms with Crippen LogP contribution in [-0.2, 0) is 19.2 Å². The summed E-state index contributed by atoms with van der Waals surface area (Å²) < 4.78 is 5.76. The number of imide groups is 2. The molecule has 15 nitrogen and oxygen atoms in total. The quantitative estimate of drug-likeness (QED) is 0.0892. The van der Waals surface area contributed by atoms with Gasteiger partial charge in [-0.15, -0.1) is 23.2 Å². The zero-order valence-electron chi connectivity index (χ0n) is 26.0. The maximum atomic E-state index is 14.5. The van der Waals surface area contributed by atoms with Crippen molar-refractivity contribution < 1.29 is 38.9 Å². The van der Waals surface area contributed by atoms with E-state index in [9.17, 15) is 44.5 Å². The van der Waals surface area contributed by atoms with Crippen molar-refractivity contribution in [2.75, 3.05) is 36.5 Å². The van der Waals surface area contributed by atoms with E-state index in [1.807, 2.05) is 0 Å². The van der Waals surface area contributed by atoms with Crippen LogP contribution in [0.3, 0.4) is 0 Å². The number of hydrogen-bond donors (Lipinski definition) is 1. The van der Waals surface area contributed by atoms with Crippen molar-refractivity contribution in [2.24, 2.45) is 17.8 Å². The number of fused-ring (bicyclic) bond motifs is 4. The Morgan fingerprint density at radius 3 is 2.12 bits per heavy atom. The van der Waals surface area contributed by atoms with E-state index < -0.39 is 78.3 Å². The van der Waals surface area contributed by atoms with Crippen LogP contribution in [0.5, 0.6) is 11.5 Å². The number of nitro groups is 2. The fourth-order valence-corrected chi connectivity index (χ4v) is 10.2. The molecule has 4 amide bonds. The number of hydrogen-bond acceptors (Lipinski definition) is 11. The summed E-state index contributed by atoms with van der Waals surface area (Å²) in [5.41, 5.74) is -1.64. The number of phenolic OH excluding ortho intramolecular Hbond substituents is 1. The zero-order chi connectivity index (χ0) is 36.9. The van der Waals surface area contributed by atoms with Gasteiger partial charge in [-0.2, -0.15) is 0 Å². The molecule has 0 aromatic heterocycles. The molecule has 1 N–H and O–H groups in total. The monoisotopic (exact) mass is 921 g/mol. The first-order chi connectivity index (χ1) is 23.4. The number of ether oxygens (including phenoxy) is 1. The smallest absolute Gasteiger partial charge is 0.301 e. The van der Waals surface area contributed by atoms with Crippen molar-refractivity contribution in [2.45, 2.75) is 28.5 Å². The Hall–Kier alpha value is -3.32. The maximum Gasteiger partial charge on any atom is 0.301 e. The third kappa shape index (κ3) is 4.77. The van der Waals surface area contributed by atoms with E-state index in [0.717, 1.165) is 17.0 Å². The number of alkyl halides is 3. The van der Waals surface area contributed by atoms with Crippen molar-refractivity contribution in [3.63, 3.8) is 0 Å². The molecule has 0 radical (unpaired) electrons. The highest BCUT2D eigenvalue weighted by atomic mass is 79.9. The summed E-state index contributed by atoms with van der Waals surface area (Å²) >= 11 is 24.5. The van der Waals surface area contributed by atoms with Gasteiger partial charge in [0.05, 0.1) is 44.4 Å². The number of rotatable bonds is 7. The van der Waals surface area contributed by atoms with Crippen molar-refractivity contribution in [3.05, 3.63) is 64.6 Å². The molecule has 0 spiro atoms. The Balaban J connectivity index is 1.55. The predicted molar refractivity (Wildman–Crippen MR) is 190 cm³/mol. The zero-order valence-corrected chi connectivity index (χ0v) is 32.3. The van der Waals surface area contributed by atoms with E-state index in [-0.39, 0.29) is 55.7 Å². The molecule has 6 rings (SSSR count). The van der Waals surface area contributed by atoms with Gasteiger partial charge >= 0.3 is 11.4 Å². The molecule has 4 aliphatic rings. The van der Waals surface area contributed by atoms with Gasteiger partial charge < -0.3 is 14.7 Å². The van der Waals surface area contributed by atoms with Crippen LogP contribution in [0.15, 0.2) is 38.8 Å². The number of aromatic hydroxyl groups is 1. The first kappa shape index (κ1) is 36.5. The van der Waals surface area contributed by atoms with Crippen molar-refractivity contribution in [3.8, 4) is 11.5 Å². The SMILES string of the molecule is COc1cc([C@H]2C3=CC[C@@H]4C(=O)N(c5cc([N+](=O)[O-])c(N(C)C)c([N+](=O)[O-])c5)C(=O)[C@@H]4[C@@H]3C[C@@]3(Cl)C(=O)N(CBr)C(=O)[C@@]23Cl)c(Br)c(Br)c1O. The topological polar surface area (TPSA) is 194 Å². The van der Waals surface area contributed by atoms with E-state index in [1.54, 1.807) is 6.08 Å². The standard InChI is InChI=1S/C30H24Br3Cl2N5O10/c1-36(2)23-16(39(46)47)6-11(7-17(23)40(48)49)38-25(42)13-5-4-12-15(19(13)26(38)43)9-29(34)27(44)37(10-31)28(45)30(29,35)20(12)14-8-18(50-3)24(41)22(33)21(14)32/h4,6-8,13,15,19-20,41H,5,9-10H2,1-3H3/t13-,15+,19-,20+,29+,30-/m0/s1. The molecular formula is C30H24Br3Cl2N5O10. The number of carbonyl (C=O) groups is 4. The normalized spacial score (nSPS) is 28.7. The molecular weight excluding hydrogens is 901 g/mol. The highest BCUT2D eigenvalue weighted by Gasteiger charge is 2.76. The van der Waals surface area contributed by atoms with E-state index >= 15 is 0 Å². The molecule has 0 unspecified atom stereocenters. The molecule has 3 fully saturated rings. The Morgan fingerprint density at radius 1 is 1.00 bits per heavy atom. The summed E-state index contributed by atoms with van der Waals surface area (Å²) in [6.45, 7) is 0. The molecule has 50 heavy (non-hydrogen) atoms. The summed E-state index contributed by atoms with van der Waals surface area (Å²) in [6, 6.07) is 3.30. The molecule has 2 saturated heterocycles. The van der Waals surface area contributed by atoms with Crippen LogP contribution in [0.1, 0.15) is 24.3 Å². The first-order valence-corrected chi connectivity index (χ1v) is 18.1. The molecule has 2 aliphatic carbocycles. The van der Waals surface area contributed by atoms with Crippen LogP contribution in [0, 0.1) is 38.0 Å². The average Bonchev–Trinajstić information content (AvgIpc) is 3.40. The van der Waals surface area contributed by atoms with Gasteiger partial charge in [0.2, 0.25) is 11.8 Å². The van der Waals surface area contributed by atoms with Crippen LogP contribution in [0.2, 0.25) is 0 Å². The average molecular weight is 925 g/mol. The number of benzene rings is 2. The third-order valence-corrected chi connectivity index (χ3v) is 13.9. The molecule has 20 heteroatoms. The van der Waals surface area contributed by atoms with Gasteiger partial charge in [-0.1, -0.05) is 27.6 Å². The van der Waals surface area contributed by atoms with Crippen LogP contribution in [0.25, 0.3) is 0 Å². The molecule has 1 saturated carbocycles. The molecule has 2 aliphatic heterocycles. The summed E-state index contributed by atoms with van der Waals surface area (Å²) in [4.78, 5) is 77.5. The number of likely N-dealkylation sites (tertiary alicyclic amines) is 1. The Labute approximate surface area is 318 Å². The van der Waals surface area contributed by atoms with E-state index in [1.165, 1.54) is 32.2 Å². The number of halogens is 5. The van der Waals surface area contributed by atoms with Crippen LogP contribution in [-0.4, -0.2) is 79.9 Å². The fourth-order valence-electron chi connectivity index (χ4n) is 7.79. The molecule has 2 heterocycles. The second-order valence-corrected chi connectivity index (χ2v) is 15.7. The van der Waals surface area contributed by atoms with E-state index in [0.29, 0.717) is 10.5 Å². The number of anilines is 2. The first-order valence-electron chi connectivity index (χ1n) is 14.7. The number of phenols is 1. The summed E-state index contributed by atoms with van der Waals surface area (Å²) in [5, 5.41) is 34.8. The van der Waals surface area contributed by atoms with Gasteiger partial charge in [0, 0.05) is 36.6 Å². The van der Waals surface area contributed by atoms with Crippen molar-refractivity contribution >= 4 is 117 Å². The molecule has 2 aromatic carbocycles. The highest BCUT2D eigenvalue weighted by molar-refractivity contribution is 9.13. The number of methoxy groups -OCH3 is 1. The fraction of sp³-hybridized carbons (Fsp3) is 0.400. The lowest BCUT2D eigenvalue weighted by Crippen LogP contribution is -2.60. The van der Waals surface area contributed by atoms with E-state index in [4.69, 9.17) is 27.9 Å². The Bertz CT molecular complexity index is 1960. The largest absolute Gasteiger partial charge is 0.503 e.